The largest absolute Gasteiger partial charge is 0.351 e. The molecule has 3 aromatic rings. The first kappa shape index (κ1) is 21.5. The second kappa shape index (κ2) is 10.6. The molecular weight excluding hydrogens is 422 g/mol. The number of nitrogens with one attached hydrogen (secondary N) is 2. The molecule has 0 unspecified atom stereocenters. The fourth-order valence-electron chi connectivity index (χ4n) is 2.65. The van der Waals surface area contributed by atoms with Gasteiger partial charge in [0, 0.05) is 16.7 Å². The minimum Gasteiger partial charge on any atom is -0.351 e. The van der Waals surface area contributed by atoms with E-state index in [-0.39, 0.29) is 11.8 Å². The third-order valence-electron chi connectivity index (χ3n) is 4.06. The molecule has 0 saturated heterocycles. The maximum Gasteiger partial charge on any atom is 0.236 e. The number of hydrogen-bond donors (Lipinski definition) is 2. The molecule has 2 aromatic heterocycles. The van der Waals surface area contributed by atoms with Crippen molar-refractivity contribution in [3.8, 4) is 10.6 Å². The smallest absolute Gasteiger partial charge is 0.236 e. The number of thiazole rings is 1. The molecule has 0 spiro atoms. The summed E-state index contributed by atoms with van der Waals surface area (Å²) in [6, 6.07) is 14.3. The van der Waals surface area contributed by atoms with Crippen molar-refractivity contribution in [2.24, 2.45) is 0 Å². The Morgan fingerprint density at radius 1 is 1.10 bits per heavy atom. The minimum absolute atomic E-state index is 0.0270. The van der Waals surface area contributed by atoms with E-state index in [2.05, 4.69) is 27.8 Å². The molecule has 2 amide bonds. The average molecular weight is 446 g/mol. The van der Waals surface area contributed by atoms with Crippen molar-refractivity contribution in [3.05, 3.63) is 57.8 Å². The van der Waals surface area contributed by atoms with Crippen LogP contribution in [0.25, 0.3) is 10.6 Å². The van der Waals surface area contributed by atoms with Crippen LogP contribution in [0.4, 0.5) is 5.13 Å². The lowest BCUT2D eigenvalue weighted by Gasteiger charge is -2.02. The first-order valence-corrected chi connectivity index (χ1v) is 12.0. The number of thiophene rings is 1. The molecule has 3 rings (SSSR count). The summed E-state index contributed by atoms with van der Waals surface area (Å²) in [6.07, 6.45) is 0.957. The molecule has 0 aliphatic heterocycles. The number of rotatable bonds is 9. The average Bonchev–Trinajstić information content (AvgIpc) is 3.30. The van der Waals surface area contributed by atoms with Gasteiger partial charge in [-0.05, 0) is 36.8 Å². The van der Waals surface area contributed by atoms with Gasteiger partial charge in [-0.15, -0.1) is 22.7 Å². The third-order valence-corrected chi connectivity index (χ3v) is 7.00. The first-order chi connectivity index (χ1) is 14.0. The van der Waals surface area contributed by atoms with Crippen LogP contribution in [0.5, 0.6) is 0 Å². The minimum atomic E-state index is -0.0450. The summed E-state index contributed by atoms with van der Waals surface area (Å²) < 4.78 is 0. The summed E-state index contributed by atoms with van der Waals surface area (Å²) >= 11 is 4.71. The topological polar surface area (TPSA) is 71.1 Å². The third kappa shape index (κ3) is 6.69. The lowest BCUT2D eigenvalue weighted by atomic mass is 10.2. The van der Waals surface area contributed by atoms with E-state index in [1.165, 1.54) is 23.8 Å². The fraction of sp³-hybridized carbons (Fsp3) is 0.286. The number of aromatic nitrogens is 1. The van der Waals surface area contributed by atoms with Gasteiger partial charge in [-0.25, -0.2) is 4.98 Å². The highest BCUT2D eigenvalue weighted by molar-refractivity contribution is 7.99. The number of nitrogens with zero attached hydrogens (tertiary/aromatic N) is 1. The summed E-state index contributed by atoms with van der Waals surface area (Å²) in [5.74, 6) is 1.25. The van der Waals surface area contributed by atoms with E-state index in [0.717, 1.165) is 32.5 Å². The highest BCUT2D eigenvalue weighted by Crippen LogP contribution is 2.34. The maximum absolute atomic E-state index is 12.2. The molecule has 0 aliphatic rings. The standard InChI is InChI=1S/C21H23N3O2S3/c1-14-20(18-9-8-17(29-18)12-22-15(2)25)24-21(28-14)23-19(26)13-27-11-10-16-6-4-3-5-7-16/h3-9H,10-13H2,1-2H3,(H,22,25)(H,23,24,26). The second-order valence-corrected chi connectivity index (χ2v) is 9.91. The lowest BCUT2D eigenvalue weighted by Crippen LogP contribution is -2.17. The number of hydrogen-bond acceptors (Lipinski definition) is 6. The van der Waals surface area contributed by atoms with Gasteiger partial charge in [-0.1, -0.05) is 30.3 Å². The van der Waals surface area contributed by atoms with Crippen molar-refractivity contribution in [2.45, 2.75) is 26.8 Å². The van der Waals surface area contributed by atoms with Crippen LogP contribution in [0.2, 0.25) is 0 Å². The Bertz CT molecular complexity index is 967. The molecule has 8 heteroatoms. The molecule has 2 N–H and O–H groups in total. The maximum atomic E-state index is 12.2. The van der Waals surface area contributed by atoms with E-state index in [4.69, 9.17) is 0 Å². The molecule has 2 heterocycles. The van der Waals surface area contributed by atoms with Crippen LogP contribution in [0.3, 0.4) is 0 Å². The van der Waals surface area contributed by atoms with E-state index >= 15 is 0 Å². The number of benzene rings is 1. The molecule has 152 valence electrons. The van der Waals surface area contributed by atoms with Crippen LogP contribution in [0.15, 0.2) is 42.5 Å². The van der Waals surface area contributed by atoms with Gasteiger partial charge in [0.1, 0.15) is 0 Å². The number of anilines is 1. The number of carbonyl (C=O) groups is 2. The highest BCUT2D eigenvalue weighted by Gasteiger charge is 2.14. The van der Waals surface area contributed by atoms with Crippen molar-refractivity contribution in [1.29, 1.82) is 0 Å². The van der Waals surface area contributed by atoms with Crippen LogP contribution in [0.1, 0.15) is 22.2 Å². The van der Waals surface area contributed by atoms with Crippen LogP contribution in [0, 0.1) is 6.92 Å². The Morgan fingerprint density at radius 2 is 1.90 bits per heavy atom. The molecule has 0 saturated carbocycles. The van der Waals surface area contributed by atoms with E-state index in [1.54, 1.807) is 23.1 Å². The molecule has 0 bridgehead atoms. The Balaban J connectivity index is 1.49. The highest BCUT2D eigenvalue weighted by atomic mass is 32.2. The summed E-state index contributed by atoms with van der Waals surface area (Å²) in [5.41, 5.74) is 2.18. The Hall–Kier alpha value is -2.16. The zero-order valence-electron chi connectivity index (χ0n) is 16.4. The lowest BCUT2D eigenvalue weighted by molar-refractivity contribution is -0.119. The molecule has 0 aliphatic carbocycles. The quantitative estimate of drug-likeness (QED) is 0.467. The Labute approximate surface area is 183 Å². The van der Waals surface area contributed by atoms with Crippen molar-refractivity contribution >= 4 is 51.4 Å². The monoisotopic (exact) mass is 445 g/mol. The molecule has 0 atom stereocenters. The molecule has 1 aromatic carbocycles. The van der Waals surface area contributed by atoms with Crippen molar-refractivity contribution in [3.63, 3.8) is 0 Å². The van der Waals surface area contributed by atoms with Gasteiger partial charge in [-0.2, -0.15) is 11.8 Å². The number of thioether (sulfide) groups is 1. The molecule has 5 nitrogen and oxygen atoms in total. The van der Waals surface area contributed by atoms with Gasteiger partial charge in [0.2, 0.25) is 11.8 Å². The zero-order chi connectivity index (χ0) is 20.6. The van der Waals surface area contributed by atoms with Crippen LogP contribution in [-0.4, -0.2) is 28.3 Å². The number of amides is 2. The van der Waals surface area contributed by atoms with Gasteiger partial charge >= 0.3 is 0 Å². The van der Waals surface area contributed by atoms with E-state index < -0.39 is 0 Å². The Kier molecular flexibility index (Phi) is 7.85. The van der Waals surface area contributed by atoms with Crippen LogP contribution < -0.4 is 10.6 Å². The molecule has 0 radical (unpaired) electrons. The first-order valence-electron chi connectivity index (χ1n) is 9.23. The van der Waals surface area contributed by atoms with Crippen molar-refractivity contribution < 1.29 is 9.59 Å². The van der Waals surface area contributed by atoms with E-state index in [0.29, 0.717) is 17.4 Å². The van der Waals surface area contributed by atoms with Gasteiger partial charge in [0.05, 0.1) is 22.9 Å². The number of carbonyl (C=O) groups excluding carboxylic acids is 2. The summed E-state index contributed by atoms with van der Waals surface area (Å²) in [4.78, 5) is 31.1. The summed E-state index contributed by atoms with van der Waals surface area (Å²) in [6.45, 7) is 4.03. The normalized spacial score (nSPS) is 10.7. The summed E-state index contributed by atoms with van der Waals surface area (Å²) in [5, 5.41) is 6.34. The van der Waals surface area contributed by atoms with Gasteiger partial charge in [0.25, 0.3) is 0 Å². The van der Waals surface area contributed by atoms with Crippen molar-refractivity contribution in [2.75, 3.05) is 16.8 Å². The van der Waals surface area contributed by atoms with Gasteiger partial charge < -0.3 is 10.6 Å². The molecule has 0 fully saturated rings. The van der Waals surface area contributed by atoms with Gasteiger partial charge in [-0.3, -0.25) is 9.59 Å². The molecular formula is C21H23N3O2S3. The van der Waals surface area contributed by atoms with Crippen LogP contribution in [-0.2, 0) is 22.6 Å². The fourth-order valence-corrected chi connectivity index (χ4v) is 5.33. The number of aryl methyl sites for hydroxylation is 2. The second-order valence-electron chi connectivity index (χ2n) is 6.44. The van der Waals surface area contributed by atoms with Crippen LogP contribution >= 0.6 is 34.4 Å². The van der Waals surface area contributed by atoms with E-state index in [1.807, 2.05) is 37.3 Å². The predicted octanol–water partition coefficient (Wildman–Crippen LogP) is 4.73. The SMILES string of the molecule is CC(=O)NCc1ccc(-c2nc(NC(=O)CSCCc3ccccc3)sc2C)s1. The summed E-state index contributed by atoms with van der Waals surface area (Å²) in [7, 11) is 0. The zero-order valence-corrected chi connectivity index (χ0v) is 18.8. The predicted molar refractivity (Wildman–Crippen MR) is 124 cm³/mol. The van der Waals surface area contributed by atoms with E-state index in [9.17, 15) is 9.59 Å². The molecule has 29 heavy (non-hydrogen) atoms. The van der Waals surface area contributed by atoms with Gasteiger partial charge in [0.15, 0.2) is 5.13 Å². The van der Waals surface area contributed by atoms with Crippen molar-refractivity contribution in [1.82, 2.24) is 10.3 Å². The Morgan fingerprint density at radius 3 is 2.66 bits per heavy atom.